The van der Waals surface area contributed by atoms with Gasteiger partial charge in [-0.05, 0) is 17.7 Å². The molecule has 0 atom stereocenters. The number of sulfonamides is 1. The number of anilines is 1. The Hall–Kier alpha value is -2.53. The predicted octanol–water partition coefficient (Wildman–Crippen LogP) is 0.614. The monoisotopic (exact) mass is 433 g/mol. The molecule has 2 aromatic rings. The van der Waals surface area contributed by atoms with Gasteiger partial charge in [0.25, 0.3) is 5.91 Å². The number of hydroxylamine groups is 1. The highest BCUT2D eigenvalue weighted by Gasteiger charge is 2.18. The number of carbonyl (C=O) groups excluding carboxylic acids is 1. The second-order valence-electron chi connectivity index (χ2n) is 7.11. The first-order valence-corrected chi connectivity index (χ1v) is 11.6. The van der Waals surface area contributed by atoms with Gasteiger partial charge in [-0.2, -0.15) is 0 Å². The van der Waals surface area contributed by atoms with E-state index in [1.165, 1.54) is 0 Å². The van der Waals surface area contributed by atoms with Gasteiger partial charge in [-0.3, -0.25) is 14.5 Å². The number of pyridine rings is 1. The molecular weight excluding hydrogens is 406 g/mol. The maximum atomic E-state index is 12.2. The van der Waals surface area contributed by atoms with Gasteiger partial charge in [0.15, 0.2) is 0 Å². The van der Waals surface area contributed by atoms with E-state index < -0.39 is 10.0 Å². The number of hydrogen-bond donors (Lipinski definition) is 2. The van der Waals surface area contributed by atoms with Crippen molar-refractivity contribution in [2.75, 3.05) is 50.4 Å². The number of benzene rings is 1. The van der Waals surface area contributed by atoms with Crippen molar-refractivity contribution in [3.05, 3.63) is 59.8 Å². The molecule has 3 rings (SSSR count). The average molecular weight is 434 g/mol. The van der Waals surface area contributed by atoms with Gasteiger partial charge in [0, 0.05) is 45.5 Å². The van der Waals surface area contributed by atoms with E-state index in [2.05, 4.69) is 25.0 Å². The van der Waals surface area contributed by atoms with E-state index in [1.807, 2.05) is 36.4 Å². The van der Waals surface area contributed by atoms with Crippen LogP contribution in [0.15, 0.2) is 48.7 Å². The Bertz CT molecular complexity index is 914. The van der Waals surface area contributed by atoms with Crippen molar-refractivity contribution in [2.45, 2.75) is 6.61 Å². The minimum atomic E-state index is -3.15. The molecule has 0 unspecified atom stereocenters. The normalized spacial score (nSPS) is 15.2. The average Bonchev–Trinajstić information content (AvgIpc) is 2.74. The van der Waals surface area contributed by atoms with Crippen molar-refractivity contribution in [1.29, 1.82) is 0 Å². The third-order valence-corrected chi connectivity index (χ3v) is 5.47. The van der Waals surface area contributed by atoms with Crippen LogP contribution in [-0.4, -0.2) is 69.7 Å². The SMILES string of the molecule is CS(=O)(=O)NCCN1CCN(c2ccc(C(=O)NOCc3ccccc3)cn2)CC1. The van der Waals surface area contributed by atoms with E-state index >= 15 is 0 Å². The molecule has 0 bridgehead atoms. The van der Waals surface area contributed by atoms with Crippen LogP contribution in [0.3, 0.4) is 0 Å². The van der Waals surface area contributed by atoms with Crippen LogP contribution in [0.2, 0.25) is 0 Å². The quantitative estimate of drug-likeness (QED) is 0.559. The van der Waals surface area contributed by atoms with Crippen LogP contribution in [0.5, 0.6) is 0 Å². The van der Waals surface area contributed by atoms with Gasteiger partial charge in [0.1, 0.15) is 5.82 Å². The summed E-state index contributed by atoms with van der Waals surface area (Å²) in [5, 5.41) is 0. The van der Waals surface area contributed by atoms with Gasteiger partial charge < -0.3 is 4.90 Å². The van der Waals surface area contributed by atoms with E-state index in [1.54, 1.807) is 12.3 Å². The largest absolute Gasteiger partial charge is 0.354 e. The summed E-state index contributed by atoms with van der Waals surface area (Å²) < 4.78 is 24.8. The third kappa shape index (κ3) is 7.06. The molecule has 0 aliphatic carbocycles. The zero-order chi connectivity index (χ0) is 21.4. The number of piperazine rings is 1. The van der Waals surface area contributed by atoms with Crippen molar-refractivity contribution in [3.8, 4) is 0 Å². The molecule has 0 spiro atoms. The molecule has 10 heteroatoms. The van der Waals surface area contributed by atoms with Gasteiger partial charge in [-0.1, -0.05) is 30.3 Å². The van der Waals surface area contributed by atoms with Crippen LogP contribution >= 0.6 is 0 Å². The predicted molar refractivity (Wildman–Crippen MR) is 114 cm³/mol. The van der Waals surface area contributed by atoms with Gasteiger partial charge in [-0.15, -0.1) is 0 Å². The molecule has 1 aliphatic heterocycles. The summed E-state index contributed by atoms with van der Waals surface area (Å²) in [4.78, 5) is 26.2. The van der Waals surface area contributed by atoms with Crippen LogP contribution < -0.4 is 15.1 Å². The summed E-state index contributed by atoms with van der Waals surface area (Å²) >= 11 is 0. The first-order chi connectivity index (χ1) is 14.4. The van der Waals surface area contributed by atoms with Crippen LogP contribution in [-0.2, 0) is 21.5 Å². The van der Waals surface area contributed by atoms with Gasteiger partial charge in [0.05, 0.1) is 18.4 Å². The highest BCUT2D eigenvalue weighted by molar-refractivity contribution is 7.88. The molecule has 1 aliphatic rings. The van der Waals surface area contributed by atoms with E-state index in [9.17, 15) is 13.2 Å². The molecule has 1 amide bonds. The first-order valence-electron chi connectivity index (χ1n) is 9.75. The molecule has 2 N–H and O–H groups in total. The second-order valence-corrected chi connectivity index (χ2v) is 8.94. The highest BCUT2D eigenvalue weighted by Crippen LogP contribution is 2.14. The third-order valence-electron chi connectivity index (χ3n) is 4.75. The lowest BCUT2D eigenvalue weighted by Gasteiger charge is -2.35. The lowest BCUT2D eigenvalue weighted by atomic mass is 10.2. The molecule has 162 valence electrons. The fourth-order valence-corrected chi connectivity index (χ4v) is 3.58. The summed E-state index contributed by atoms with van der Waals surface area (Å²) in [5.74, 6) is 0.471. The topological polar surface area (TPSA) is 104 Å². The maximum absolute atomic E-state index is 12.2. The Morgan fingerprint density at radius 3 is 2.47 bits per heavy atom. The van der Waals surface area contributed by atoms with E-state index in [0.29, 0.717) is 25.3 Å². The highest BCUT2D eigenvalue weighted by atomic mass is 32.2. The summed E-state index contributed by atoms with van der Waals surface area (Å²) in [6.07, 6.45) is 2.70. The van der Waals surface area contributed by atoms with Crippen molar-refractivity contribution < 1.29 is 18.0 Å². The van der Waals surface area contributed by atoms with Crippen molar-refractivity contribution in [1.82, 2.24) is 20.1 Å². The smallest absolute Gasteiger partial charge is 0.276 e. The maximum Gasteiger partial charge on any atom is 0.276 e. The lowest BCUT2D eigenvalue weighted by Crippen LogP contribution is -2.48. The molecule has 1 fully saturated rings. The number of amides is 1. The fourth-order valence-electron chi connectivity index (χ4n) is 3.12. The Morgan fingerprint density at radius 2 is 1.83 bits per heavy atom. The van der Waals surface area contributed by atoms with E-state index in [-0.39, 0.29) is 5.91 Å². The molecule has 2 heterocycles. The van der Waals surface area contributed by atoms with Crippen LogP contribution in [0.4, 0.5) is 5.82 Å². The zero-order valence-electron chi connectivity index (χ0n) is 17.0. The minimum Gasteiger partial charge on any atom is -0.354 e. The summed E-state index contributed by atoms with van der Waals surface area (Å²) in [6.45, 7) is 4.60. The van der Waals surface area contributed by atoms with Crippen LogP contribution in [0.1, 0.15) is 15.9 Å². The fraction of sp³-hybridized carbons (Fsp3) is 0.400. The second kappa shape index (κ2) is 10.5. The van der Waals surface area contributed by atoms with E-state index in [0.717, 1.165) is 43.8 Å². The number of nitrogens with zero attached hydrogens (tertiary/aromatic N) is 3. The number of nitrogens with one attached hydrogen (secondary N) is 2. The Labute approximate surface area is 177 Å². The Kier molecular flexibility index (Phi) is 7.75. The van der Waals surface area contributed by atoms with Gasteiger partial charge in [-0.25, -0.2) is 23.6 Å². The molecule has 1 aromatic heterocycles. The Morgan fingerprint density at radius 1 is 1.10 bits per heavy atom. The van der Waals surface area contributed by atoms with Crippen molar-refractivity contribution in [3.63, 3.8) is 0 Å². The summed E-state index contributed by atoms with van der Waals surface area (Å²) in [5.41, 5.74) is 3.83. The first kappa shape index (κ1) is 22.2. The molecule has 30 heavy (non-hydrogen) atoms. The number of aromatic nitrogens is 1. The van der Waals surface area contributed by atoms with E-state index in [4.69, 9.17) is 4.84 Å². The number of carbonyl (C=O) groups is 1. The van der Waals surface area contributed by atoms with Gasteiger partial charge >= 0.3 is 0 Å². The minimum absolute atomic E-state index is 0.294. The van der Waals surface area contributed by atoms with Crippen LogP contribution in [0, 0.1) is 0 Å². The van der Waals surface area contributed by atoms with Crippen molar-refractivity contribution >= 4 is 21.7 Å². The molecule has 0 saturated carbocycles. The summed E-state index contributed by atoms with van der Waals surface area (Å²) in [6, 6.07) is 13.1. The molecule has 9 nitrogen and oxygen atoms in total. The van der Waals surface area contributed by atoms with Gasteiger partial charge in [0.2, 0.25) is 10.0 Å². The number of hydrogen-bond acceptors (Lipinski definition) is 7. The molecule has 1 saturated heterocycles. The molecular formula is C20H27N5O4S. The molecule has 0 radical (unpaired) electrons. The zero-order valence-corrected chi connectivity index (χ0v) is 17.8. The van der Waals surface area contributed by atoms with Crippen molar-refractivity contribution in [2.24, 2.45) is 0 Å². The number of rotatable bonds is 9. The lowest BCUT2D eigenvalue weighted by molar-refractivity contribution is 0.0233. The Balaban J connectivity index is 1.41. The standard InChI is InChI=1S/C20H27N5O4S/c1-30(27,28)22-9-10-24-11-13-25(14-12-24)19-8-7-18(15-21-19)20(26)23-29-16-17-5-3-2-4-6-17/h2-8,15,22H,9-14,16H2,1H3,(H,23,26). The van der Waals surface area contributed by atoms with Crippen LogP contribution in [0.25, 0.3) is 0 Å². The summed E-state index contributed by atoms with van der Waals surface area (Å²) in [7, 11) is -3.15. The molecule has 1 aromatic carbocycles.